The number of nitrogens with one attached hydrogen (secondary N) is 2. The van der Waals surface area contributed by atoms with E-state index < -0.39 is 18.2 Å². The number of rotatable bonds is 4. The van der Waals surface area contributed by atoms with E-state index in [1.807, 2.05) is 0 Å². The molecule has 1 rings (SSSR count). The van der Waals surface area contributed by atoms with Crippen molar-refractivity contribution in [2.75, 3.05) is 13.1 Å². The van der Waals surface area contributed by atoms with Crippen molar-refractivity contribution in [3.8, 4) is 0 Å². The average Bonchev–Trinajstić information content (AvgIpc) is 2.36. The summed E-state index contributed by atoms with van der Waals surface area (Å²) in [7, 11) is 0. The number of halogens is 3. The summed E-state index contributed by atoms with van der Waals surface area (Å²) in [6, 6.07) is 0.0175. The molecule has 4 N–H and O–H groups in total. The van der Waals surface area contributed by atoms with Crippen LogP contribution in [0.3, 0.4) is 0 Å². The molecule has 9 heteroatoms. The number of carbonyl (C=O) groups excluding carboxylic acids is 2. The van der Waals surface area contributed by atoms with Gasteiger partial charge in [-0.1, -0.05) is 0 Å². The predicted octanol–water partition coefficient (Wildman–Crippen LogP) is 0.661. The Labute approximate surface area is 114 Å². The van der Waals surface area contributed by atoms with Crippen LogP contribution in [-0.4, -0.2) is 43.4 Å². The summed E-state index contributed by atoms with van der Waals surface area (Å²) in [5.74, 6) is -2.51. The summed E-state index contributed by atoms with van der Waals surface area (Å²) in [6.45, 7) is 1.23. The molecule has 20 heavy (non-hydrogen) atoms. The van der Waals surface area contributed by atoms with Gasteiger partial charge in [-0.2, -0.15) is 13.2 Å². The first-order valence-electron chi connectivity index (χ1n) is 6.36. The second kappa shape index (κ2) is 7.44. The van der Waals surface area contributed by atoms with Gasteiger partial charge in [-0.25, -0.2) is 9.59 Å². The summed E-state index contributed by atoms with van der Waals surface area (Å²) in [6.07, 6.45) is -3.75. The van der Waals surface area contributed by atoms with Crippen LogP contribution < -0.4 is 16.4 Å². The molecule has 0 atom stereocenters. The second-order valence-corrected chi connectivity index (χ2v) is 4.61. The van der Waals surface area contributed by atoms with Crippen molar-refractivity contribution in [2.45, 2.75) is 43.9 Å². The Morgan fingerprint density at radius 1 is 1.15 bits per heavy atom. The van der Waals surface area contributed by atoms with E-state index in [2.05, 4.69) is 15.4 Å². The van der Waals surface area contributed by atoms with E-state index in [9.17, 15) is 22.8 Å². The van der Waals surface area contributed by atoms with Gasteiger partial charge in [0.25, 0.3) is 0 Å². The highest BCUT2D eigenvalue weighted by Crippen LogP contribution is 2.19. The molecule has 0 bridgehead atoms. The highest BCUT2D eigenvalue weighted by Gasteiger charge is 2.42. The zero-order valence-corrected chi connectivity index (χ0v) is 10.8. The van der Waals surface area contributed by atoms with Crippen LogP contribution in [0.25, 0.3) is 0 Å². The van der Waals surface area contributed by atoms with Crippen LogP contribution in [0.2, 0.25) is 0 Å². The first-order chi connectivity index (χ1) is 9.32. The molecule has 6 nitrogen and oxygen atoms in total. The molecule has 0 spiro atoms. The number of amides is 1. The minimum Gasteiger partial charge on any atom is -0.369 e. The Morgan fingerprint density at radius 3 is 2.20 bits per heavy atom. The molecule has 0 saturated heterocycles. The first-order valence-corrected chi connectivity index (χ1v) is 6.36. The molecule has 0 aromatic heterocycles. The van der Waals surface area contributed by atoms with Crippen LogP contribution in [0.4, 0.5) is 18.0 Å². The Kier molecular flexibility index (Phi) is 6.21. The molecule has 0 unspecified atom stereocenters. The topological polar surface area (TPSA) is 93.5 Å². The van der Waals surface area contributed by atoms with Crippen molar-refractivity contribution in [3.05, 3.63) is 0 Å². The van der Waals surface area contributed by atoms with Gasteiger partial charge in [0.05, 0.1) is 0 Å². The van der Waals surface area contributed by atoms with Gasteiger partial charge in [0.1, 0.15) is 0 Å². The largest absolute Gasteiger partial charge is 0.491 e. The van der Waals surface area contributed by atoms with E-state index in [0.29, 0.717) is 32.0 Å². The third kappa shape index (κ3) is 5.74. The Morgan fingerprint density at radius 2 is 1.70 bits per heavy atom. The number of alkyl halides is 3. The summed E-state index contributed by atoms with van der Waals surface area (Å²) in [5, 5.41) is 5.49. The lowest BCUT2D eigenvalue weighted by Crippen LogP contribution is -2.44. The van der Waals surface area contributed by atoms with Crippen LogP contribution in [-0.2, 0) is 9.53 Å². The molecule has 0 aromatic rings. The lowest BCUT2D eigenvalue weighted by Gasteiger charge is -2.29. The number of nitrogens with two attached hydrogens (primary N) is 1. The number of esters is 1. The molecule has 0 aromatic carbocycles. The maximum Gasteiger partial charge on any atom is 0.491 e. The van der Waals surface area contributed by atoms with Crippen molar-refractivity contribution >= 4 is 12.1 Å². The fraction of sp³-hybridized carbons (Fsp3) is 0.818. The normalized spacial score (nSPS) is 23.2. The van der Waals surface area contributed by atoms with Gasteiger partial charge in [0, 0.05) is 25.2 Å². The van der Waals surface area contributed by atoms with Gasteiger partial charge in [0.15, 0.2) is 0 Å². The Balaban J connectivity index is 2.26. The third-order valence-electron chi connectivity index (χ3n) is 3.04. The lowest BCUT2D eigenvalue weighted by molar-refractivity contribution is -0.192. The minimum atomic E-state index is -5.17. The number of alkyl carbamates (subject to hydrolysis) is 1. The summed E-state index contributed by atoms with van der Waals surface area (Å²) in [5.41, 5.74) is 5.36. The van der Waals surface area contributed by atoms with Crippen molar-refractivity contribution < 1.29 is 27.5 Å². The van der Waals surface area contributed by atoms with Gasteiger partial charge in [-0.3, -0.25) is 0 Å². The smallest absolute Gasteiger partial charge is 0.369 e. The summed E-state index contributed by atoms with van der Waals surface area (Å²) < 4.78 is 39.3. The molecule has 0 radical (unpaired) electrons. The zero-order chi connectivity index (χ0) is 15.2. The van der Waals surface area contributed by atoms with E-state index >= 15 is 0 Å². The molecular formula is C11H18F3N3O3. The third-order valence-corrected chi connectivity index (χ3v) is 3.04. The van der Waals surface area contributed by atoms with Crippen LogP contribution >= 0.6 is 0 Å². The van der Waals surface area contributed by atoms with Gasteiger partial charge >= 0.3 is 18.2 Å². The van der Waals surface area contributed by atoms with Gasteiger partial charge in [-0.05, 0) is 25.7 Å². The molecule has 1 saturated carbocycles. The maximum atomic E-state index is 11.9. The fourth-order valence-electron chi connectivity index (χ4n) is 2.07. The number of hydrogen-bond acceptors (Lipinski definition) is 5. The number of carbonyl (C=O) groups is 2. The van der Waals surface area contributed by atoms with Crippen LogP contribution in [0.5, 0.6) is 0 Å². The highest BCUT2D eigenvalue weighted by molar-refractivity contribution is 5.87. The quantitative estimate of drug-likeness (QED) is 0.523. The monoisotopic (exact) mass is 297 g/mol. The van der Waals surface area contributed by atoms with Crippen molar-refractivity contribution in [3.63, 3.8) is 0 Å². The van der Waals surface area contributed by atoms with Gasteiger partial charge in [0.2, 0.25) is 0 Å². The standard InChI is InChI=1S/C11H18F3N3O3/c12-11(13,14)9(18)20-10(19)17-8-3-1-7(2-4-8)16-6-5-15/h7-8,16H,1-6,15H2,(H,17,19). The Bertz CT molecular complexity index is 342. The maximum absolute atomic E-state index is 11.9. The van der Waals surface area contributed by atoms with Crippen LogP contribution in [0.1, 0.15) is 25.7 Å². The molecule has 1 aliphatic rings. The summed E-state index contributed by atoms with van der Waals surface area (Å²) >= 11 is 0. The molecule has 1 aliphatic carbocycles. The molecule has 0 aliphatic heterocycles. The van der Waals surface area contributed by atoms with Crippen molar-refractivity contribution in [2.24, 2.45) is 5.73 Å². The Hall–Kier alpha value is -1.35. The van der Waals surface area contributed by atoms with Crippen LogP contribution in [0.15, 0.2) is 0 Å². The van der Waals surface area contributed by atoms with Gasteiger partial charge in [-0.15, -0.1) is 0 Å². The fourth-order valence-corrected chi connectivity index (χ4v) is 2.07. The predicted molar refractivity (Wildman–Crippen MR) is 63.8 cm³/mol. The van der Waals surface area contributed by atoms with E-state index in [0.717, 1.165) is 12.8 Å². The van der Waals surface area contributed by atoms with Crippen molar-refractivity contribution in [1.29, 1.82) is 0 Å². The summed E-state index contributed by atoms with van der Waals surface area (Å²) in [4.78, 5) is 21.6. The second-order valence-electron chi connectivity index (χ2n) is 4.61. The van der Waals surface area contributed by atoms with E-state index in [4.69, 9.17) is 5.73 Å². The van der Waals surface area contributed by atoms with E-state index in [1.165, 1.54) is 0 Å². The SMILES string of the molecule is NCCNC1CCC(NC(=O)OC(=O)C(F)(F)F)CC1. The van der Waals surface area contributed by atoms with E-state index in [-0.39, 0.29) is 6.04 Å². The molecule has 0 heterocycles. The molecule has 116 valence electrons. The van der Waals surface area contributed by atoms with Crippen LogP contribution in [0, 0.1) is 0 Å². The lowest BCUT2D eigenvalue weighted by atomic mass is 9.91. The van der Waals surface area contributed by atoms with E-state index in [1.54, 1.807) is 0 Å². The van der Waals surface area contributed by atoms with Gasteiger partial charge < -0.3 is 21.1 Å². The number of ether oxygens (including phenoxy) is 1. The first kappa shape index (κ1) is 16.7. The van der Waals surface area contributed by atoms with Crippen molar-refractivity contribution in [1.82, 2.24) is 10.6 Å². The zero-order valence-electron chi connectivity index (χ0n) is 10.8. The molecular weight excluding hydrogens is 279 g/mol. The molecule has 1 amide bonds. The average molecular weight is 297 g/mol. The molecule has 1 fully saturated rings. The number of hydrogen-bond donors (Lipinski definition) is 3. The highest BCUT2D eigenvalue weighted by atomic mass is 19.4. The minimum absolute atomic E-state index is 0.278.